The Bertz CT molecular complexity index is 573. The van der Waals surface area contributed by atoms with Gasteiger partial charge in [0, 0.05) is 18.2 Å². The smallest absolute Gasteiger partial charge is 0.231 e. The van der Waals surface area contributed by atoms with Crippen LogP contribution in [0.3, 0.4) is 0 Å². The zero-order valence-electron chi connectivity index (χ0n) is 11.4. The second-order valence-electron chi connectivity index (χ2n) is 4.04. The molecule has 0 saturated heterocycles. The molecule has 0 saturated carbocycles. The number of carbonyl (C=O) groups is 1. The molecule has 0 N–H and O–H groups in total. The standard InChI is InChI=1S/C15H16NO3.BrH/c1-18-12-6-7-13(15(10-12)19-2)14(17)11-16-8-4-3-5-9-16;/h3-10H,11H2,1-2H3;1H/q+1;/p-1. The molecule has 0 unspecified atom stereocenters. The highest BCUT2D eigenvalue weighted by atomic mass is 79.9. The van der Waals surface area contributed by atoms with Crippen LogP contribution in [0, 0.1) is 0 Å². The average molecular weight is 338 g/mol. The first-order chi connectivity index (χ1) is 9.24. The van der Waals surface area contributed by atoms with Crippen LogP contribution in [0.2, 0.25) is 0 Å². The molecule has 106 valence electrons. The Morgan fingerprint density at radius 2 is 1.80 bits per heavy atom. The second kappa shape index (κ2) is 7.65. The molecule has 0 aliphatic rings. The van der Waals surface area contributed by atoms with Crippen LogP contribution < -0.4 is 31.0 Å². The largest absolute Gasteiger partial charge is 1.00 e. The molecule has 0 bridgehead atoms. The molecular weight excluding hydrogens is 322 g/mol. The summed E-state index contributed by atoms with van der Waals surface area (Å²) in [6.07, 6.45) is 3.71. The number of ether oxygens (including phenoxy) is 2. The van der Waals surface area contributed by atoms with E-state index in [0.717, 1.165) is 0 Å². The van der Waals surface area contributed by atoms with Crippen LogP contribution in [0.1, 0.15) is 10.4 Å². The van der Waals surface area contributed by atoms with Gasteiger partial charge in [-0.05, 0) is 12.1 Å². The number of methoxy groups -OCH3 is 2. The average Bonchev–Trinajstić information content (AvgIpc) is 2.47. The molecule has 20 heavy (non-hydrogen) atoms. The van der Waals surface area contributed by atoms with Crippen molar-refractivity contribution in [1.82, 2.24) is 0 Å². The Morgan fingerprint density at radius 1 is 1.10 bits per heavy atom. The van der Waals surface area contributed by atoms with Gasteiger partial charge in [0.15, 0.2) is 12.4 Å². The van der Waals surface area contributed by atoms with Gasteiger partial charge < -0.3 is 26.5 Å². The summed E-state index contributed by atoms with van der Waals surface area (Å²) >= 11 is 0. The van der Waals surface area contributed by atoms with Crippen LogP contribution in [-0.4, -0.2) is 20.0 Å². The molecule has 1 heterocycles. The van der Waals surface area contributed by atoms with Crippen LogP contribution in [0.15, 0.2) is 48.8 Å². The normalized spacial score (nSPS) is 9.50. The van der Waals surface area contributed by atoms with Crippen LogP contribution in [-0.2, 0) is 6.54 Å². The zero-order valence-corrected chi connectivity index (χ0v) is 13.0. The number of pyridine rings is 1. The SMILES string of the molecule is COc1ccc(C(=O)C[n+]2ccccc2)c(OC)c1.[Br-]. The topological polar surface area (TPSA) is 39.4 Å². The first-order valence-electron chi connectivity index (χ1n) is 5.94. The van der Waals surface area contributed by atoms with Crippen molar-refractivity contribution < 1.29 is 35.8 Å². The van der Waals surface area contributed by atoms with Gasteiger partial charge >= 0.3 is 0 Å². The maximum absolute atomic E-state index is 12.3. The third-order valence-electron chi connectivity index (χ3n) is 2.81. The molecule has 0 fully saturated rings. The molecule has 0 amide bonds. The number of carbonyl (C=O) groups excluding carboxylic acids is 1. The minimum Gasteiger partial charge on any atom is -1.00 e. The van der Waals surface area contributed by atoms with Gasteiger partial charge in [-0.25, -0.2) is 0 Å². The van der Waals surface area contributed by atoms with Crippen molar-refractivity contribution in [3.8, 4) is 11.5 Å². The first-order valence-corrected chi connectivity index (χ1v) is 5.94. The third kappa shape index (κ3) is 3.81. The maximum Gasteiger partial charge on any atom is 0.231 e. The highest BCUT2D eigenvalue weighted by molar-refractivity contribution is 5.97. The summed E-state index contributed by atoms with van der Waals surface area (Å²) in [5.41, 5.74) is 0.555. The van der Waals surface area contributed by atoms with E-state index >= 15 is 0 Å². The van der Waals surface area contributed by atoms with E-state index in [1.54, 1.807) is 32.4 Å². The highest BCUT2D eigenvalue weighted by Gasteiger charge is 2.17. The molecule has 0 aliphatic carbocycles. The van der Waals surface area contributed by atoms with Gasteiger partial charge in [0.2, 0.25) is 12.3 Å². The Labute approximate surface area is 128 Å². The van der Waals surface area contributed by atoms with E-state index in [9.17, 15) is 4.79 Å². The van der Waals surface area contributed by atoms with Gasteiger partial charge in [-0.15, -0.1) is 0 Å². The predicted octanol–water partition coefficient (Wildman–Crippen LogP) is -1.12. The van der Waals surface area contributed by atoms with Gasteiger partial charge in [0.1, 0.15) is 11.5 Å². The number of Topliss-reactive ketones (excluding diaryl/α,β-unsaturated/α-hetero) is 1. The molecule has 0 radical (unpaired) electrons. The fourth-order valence-electron chi connectivity index (χ4n) is 1.82. The molecule has 1 aromatic heterocycles. The molecular formula is C15H16BrNO3. The van der Waals surface area contributed by atoms with Crippen molar-refractivity contribution in [1.29, 1.82) is 0 Å². The summed E-state index contributed by atoms with van der Waals surface area (Å²) in [6.45, 7) is 0.281. The zero-order chi connectivity index (χ0) is 13.7. The Kier molecular flexibility index (Phi) is 6.18. The molecule has 5 heteroatoms. The van der Waals surface area contributed by atoms with Gasteiger partial charge in [-0.3, -0.25) is 4.79 Å². The van der Waals surface area contributed by atoms with Crippen molar-refractivity contribution in [3.63, 3.8) is 0 Å². The summed E-state index contributed by atoms with van der Waals surface area (Å²) in [5, 5.41) is 0. The number of rotatable bonds is 5. The summed E-state index contributed by atoms with van der Waals surface area (Å²) < 4.78 is 12.2. The third-order valence-corrected chi connectivity index (χ3v) is 2.81. The summed E-state index contributed by atoms with van der Waals surface area (Å²) in [7, 11) is 3.12. The Morgan fingerprint density at radius 3 is 2.40 bits per heavy atom. The van der Waals surface area contributed by atoms with Crippen molar-refractivity contribution >= 4 is 5.78 Å². The molecule has 2 rings (SSSR count). The minimum atomic E-state index is -0.00398. The lowest BCUT2D eigenvalue weighted by Crippen LogP contribution is -3.00. The Hall–Kier alpha value is -1.88. The van der Waals surface area contributed by atoms with E-state index in [1.165, 1.54) is 0 Å². The first kappa shape index (κ1) is 16.2. The monoisotopic (exact) mass is 337 g/mol. The molecule has 1 aromatic carbocycles. The number of aromatic nitrogens is 1. The van der Waals surface area contributed by atoms with E-state index < -0.39 is 0 Å². The number of benzene rings is 1. The maximum atomic E-state index is 12.3. The summed E-state index contributed by atoms with van der Waals surface area (Å²) in [5.74, 6) is 1.19. The molecule has 2 aromatic rings. The lowest BCUT2D eigenvalue weighted by Gasteiger charge is -2.08. The highest BCUT2D eigenvalue weighted by Crippen LogP contribution is 2.24. The number of hydrogen-bond acceptors (Lipinski definition) is 3. The molecule has 0 aliphatic heterocycles. The lowest BCUT2D eigenvalue weighted by molar-refractivity contribution is -0.683. The van der Waals surface area contributed by atoms with Crippen LogP contribution >= 0.6 is 0 Å². The fourth-order valence-corrected chi connectivity index (χ4v) is 1.82. The molecule has 0 atom stereocenters. The number of halogens is 1. The Balaban J connectivity index is 0.00000200. The number of hydrogen-bond donors (Lipinski definition) is 0. The number of ketones is 1. The number of nitrogens with zero attached hydrogens (tertiary/aromatic N) is 1. The van der Waals surface area contributed by atoms with Crippen molar-refractivity contribution in [2.24, 2.45) is 0 Å². The van der Waals surface area contributed by atoms with Gasteiger partial charge in [-0.1, -0.05) is 6.07 Å². The van der Waals surface area contributed by atoms with Crippen LogP contribution in [0.25, 0.3) is 0 Å². The predicted molar refractivity (Wildman–Crippen MR) is 70.5 cm³/mol. The van der Waals surface area contributed by atoms with E-state index in [4.69, 9.17) is 9.47 Å². The van der Waals surface area contributed by atoms with Crippen molar-refractivity contribution in [3.05, 3.63) is 54.4 Å². The van der Waals surface area contributed by atoms with E-state index in [1.807, 2.05) is 35.2 Å². The van der Waals surface area contributed by atoms with E-state index in [-0.39, 0.29) is 29.3 Å². The summed E-state index contributed by atoms with van der Waals surface area (Å²) in [4.78, 5) is 12.3. The van der Waals surface area contributed by atoms with Crippen molar-refractivity contribution in [2.75, 3.05) is 14.2 Å². The van der Waals surface area contributed by atoms with Crippen LogP contribution in [0.5, 0.6) is 11.5 Å². The lowest BCUT2D eigenvalue weighted by atomic mass is 10.1. The molecule has 4 nitrogen and oxygen atoms in total. The quantitative estimate of drug-likeness (QED) is 0.512. The fraction of sp³-hybridized carbons (Fsp3) is 0.200. The van der Waals surface area contributed by atoms with Crippen molar-refractivity contribution in [2.45, 2.75) is 6.54 Å². The minimum absolute atomic E-state index is 0. The van der Waals surface area contributed by atoms with E-state index in [2.05, 4.69) is 0 Å². The van der Waals surface area contributed by atoms with Crippen LogP contribution in [0.4, 0.5) is 0 Å². The van der Waals surface area contributed by atoms with Gasteiger partial charge in [0.05, 0.1) is 19.8 Å². The van der Waals surface area contributed by atoms with E-state index in [0.29, 0.717) is 17.1 Å². The molecule has 0 spiro atoms. The van der Waals surface area contributed by atoms with Gasteiger partial charge in [-0.2, -0.15) is 4.57 Å². The second-order valence-corrected chi connectivity index (χ2v) is 4.04. The summed E-state index contributed by atoms with van der Waals surface area (Å²) in [6, 6.07) is 10.9. The van der Waals surface area contributed by atoms with Gasteiger partial charge in [0.25, 0.3) is 0 Å².